The first-order valence-corrected chi connectivity index (χ1v) is 9.53. The Labute approximate surface area is 170 Å². The van der Waals surface area contributed by atoms with Crippen LogP contribution in [0.5, 0.6) is 0 Å². The summed E-state index contributed by atoms with van der Waals surface area (Å²) in [6, 6.07) is 22.4. The molecule has 2 amide bonds. The SMILES string of the molecule is CC(C)(C)C(=O)Nc1cccc(C(=O)N=c2ccccn2Cc2ccccc2)c1. The van der Waals surface area contributed by atoms with Gasteiger partial charge in [-0.3, -0.25) is 9.59 Å². The number of carbonyl (C=O) groups is 2. The number of aromatic nitrogens is 1. The lowest BCUT2D eigenvalue weighted by Gasteiger charge is -2.17. The van der Waals surface area contributed by atoms with Gasteiger partial charge in [-0.05, 0) is 35.9 Å². The molecule has 29 heavy (non-hydrogen) atoms. The lowest BCUT2D eigenvalue weighted by atomic mass is 9.95. The summed E-state index contributed by atoms with van der Waals surface area (Å²) in [6.45, 7) is 6.14. The lowest BCUT2D eigenvalue weighted by molar-refractivity contribution is -0.123. The summed E-state index contributed by atoms with van der Waals surface area (Å²) in [7, 11) is 0. The number of pyridine rings is 1. The van der Waals surface area contributed by atoms with Crippen molar-refractivity contribution in [1.82, 2.24) is 4.57 Å². The Kier molecular flexibility index (Phi) is 6.07. The second-order valence-corrected chi connectivity index (χ2v) is 7.87. The first-order valence-electron chi connectivity index (χ1n) is 9.53. The van der Waals surface area contributed by atoms with E-state index in [0.717, 1.165) is 5.56 Å². The minimum atomic E-state index is -0.516. The fourth-order valence-corrected chi connectivity index (χ4v) is 2.70. The average molecular weight is 387 g/mol. The van der Waals surface area contributed by atoms with E-state index in [4.69, 9.17) is 0 Å². The molecule has 5 nitrogen and oxygen atoms in total. The fourth-order valence-electron chi connectivity index (χ4n) is 2.70. The Bertz CT molecular complexity index is 1080. The number of amides is 2. The second-order valence-electron chi connectivity index (χ2n) is 7.87. The van der Waals surface area contributed by atoms with Crippen LogP contribution in [0, 0.1) is 5.41 Å². The molecule has 0 saturated carbocycles. The molecule has 3 aromatic rings. The molecule has 0 unspecified atom stereocenters. The average Bonchev–Trinajstić information content (AvgIpc) is 2.70. The van der Waals surface area contributed by atoms with E-state index in [1.807, 2.05) is 80.1 Å². The van der Waals surface area contributed by atoms with Gasteiger partial charge in [0.1, 0.15) is 5.49 Å². The quantitative estimate of drug-likeness (QED) is 0.727. The van der Waals surface area contributed by atoms with Gasteiger partial charge in [-0.1, -0.05) is 63.2 Å². The van der Waals surface area contributed by atoms with Gasteiger partial charge in [0.25, 0.3) is 5.91 Å². The van der Waals surface area contributed by atoms with E-state index >= 15 is 0 Å². The highest BCUT2D eigenvalue weighted by Crippen LogP contribution is 2.18. The van der Waals surface area contributed by atoms with Crippen molar-refractivity contribution in [1.29, 1.82) is 0 Å². The van der Waals surface area contributed by atoms with Gasteiger partial charge in [0.05, 0.1) is 0 Å². The minimum Gasteiger partial charge on any atom is -0.328 e. The molecule has 0 aliphatic heterocycles. The fraction of sp³-hybridized carbons (Fsp3) is 0.208. The maximum absolute atomic E-state index is 12.8. The van der Waals surface area contributed by atoms with Gasteiger partial charge in [0.2, 0.25) is 5.91 Å². The third-order valence-corrected chi connectivity index (χ3v) is 4.38. The molecule has 5 heteroatoms. The molecule has 0 saturated heterocycles. The van der Waals surface area contributed by atoms with Crippen molar-refractivity contribution < 1.29 is 9.59 Å². The molecular weight excluding hydrogens is 362 g/mol. The highest BCUT2D eigenvalue weighted by molar-refractivity contribution is 5.98. The van der Waals surface area contributed by atoms with E-state index in [0.29, 0.717) is 23.3 Å². The first kappa shape index (κ1) is 20.3. The number of hydrogen-bond acceptors (Lipinski definition) is 2. The molecule has 0 spiro atoms. The van der Waals surface area contributed by atoms with Crippen molar-refractivity contribution in [2.45, 2.75) is 27.3 Å². The molecule has 0 aliphatic rings. The molecule has 1 heterocycles. The Balaban J connectivity index is 1.86. The molecule has 0 fully saturated rings. The van der Waals surface area contributed by atoms with E-state index < -0.39 is 5.41 Å². The second kappa shape index (κ2) is 8.69. The summed E-state index contributed by atoms with van der Waals surface area (Å²) in [5.41, 5.74) is 2.19. The van der Waals surface area contributed by atoms with E-state index in [-0.39, 0.29) is 11.8 Å². The Morgan fingerprint density at radius 3 is 2.38 bits per heavy atom. The summed E-state index contributed by atoms with van der Waals surface area (Å²) in [4.78, 5) is 29.3. The van der Waals surface area contributed by atoms with Gasteiger partial charge in [0.15, 0.2) is 0 Å². The molecule has 148 valence electrons. The normalized spacial score (nSPS) is 11.9. The zero-order valence-corrected chi connectivity index (χ0v) is 16.9. The number of benzene rings is 2. The van der Waals surface area contributed by atoms with Crippen LogP contribution in [0.2, 0.25) is 0 Å². The molecular formula is C24H25N3O2. The number of rotatable bonds is 4. The smallest absolute Gasteiger partial charge is 0.279 e. The number of hydrogen-bond donors (Lipinski definition) is 1. The number of anilines is 1. The third-order valence-electron chi connectivity index (χ3n) is 4.38. The topological polar surface area (TPSA) is 63.5 Å². The van der Waals surface area contributed by atoms with Crippen molar-refractivity contribution in [3.63, 3.8) is 0 Å². The molecule has 2 aromatic carbocycles. The number of nitrogens with one attached hydrogen (secondary N) is 1. The van der Waals surface area contributed by atoms with Crippen LogP contribution in [0.25, 0.3) is 0 Å². The predicted octanol–water partition coefficient (Wildman–Crippen LogP) is 4.26. The standard InChI is InChI=1S/C24H25N3O2/c1-24(2,3)23(29)25-20-13-9-12-19(16-20)22(28)26-21-14-7-8-15-27(21)17-18-10-5-4-6-11-18/h4-16H,17H2,1-3H3,(H,25,29). The Morgan fingerprint density at radius 1 is 0.931 bits per heavy atom. The summed E-state index contributed by atoms with van der Waals surface area (Å²) >= 11 is 0. The first-order chi connectivity index (χ1) is 13.8. The summed E-state index contributed by atoms with van der Waals surface area (Å²) in [5, 5.41) is 2.85. The van der Waals surface area contributed by atoms with Gasteiger partial charge >= 0.3 is 0 Å². The monoisotopic (exact) mass is 387 g/mol. The molecule has 0 aliphatic carbocycles. The van der Waals surface area contributed by atoms with Gasteiger partial charge in [0, 0.05) is 29.4 Å². The van der Waals surface area contributed by atoms with Gasteiger partial charge < -0.3 is 9.88 Å². The van der Waals surface area contributed by atoms with Crippen molar-refractivity contribution in [3.8, 4) is 0 Å². The van der Waals surface area contributed by atoms with Crippen LogP contribution in [0.4, 0.5) is 5.69 Å². The van der Waals surface area contributed by atoms with Crippen molar-refractivity contribution in [2.75, 3.05) is 5.32 Å². The van der Waals surface area contributed by atoms with Gasteiger partial charge in [-0.2, -0.15) is 4.99 Å². The van der Waals surface area contributed by atoms with Crippen molar-refractivity contribution >= 4 is 17.5 Å². The van der Waals surface area contributed by atoms with Gasteiger partial charge in [-0.25, -0.2) is 0 Å². The highest BCUT2D eigenvalue weighted by Gasteiger charge is 2.21. The molecule has 1 aromatic heterocycles. The zero-order valence-electron chi connectivity index (χ0n) is 16.9. The molecule has 3 rings (SSSR count). The molecule has 1 N–H and O–H groups in total. The van der Waals surface area contributed by atoms with E-state index in [1.54, 1.807) is 24.3 Å². The molecule has 0 bridgehead atoms. The lowest BCUT2D eigenvalue weighted by Crippen LogP contribution is -2.27. The van der Waals surface area contributed by atoms with Crippen LogP contribution in [0.15, 0.2) is 84.0 Å². The van der Waals surface area contributed by atoms with E-state index in [2.05, 4.69) is 10.3 Å². The highest BCUT2D eigenvalue weighted by atomic mass is 16.2. The largest absolute Gasteiger partial charge is 0.328 e. The minimum absolute atomic E-state index is 0.109. The van der Waals surface area contributed by atoms with Crippen LogP contribution >= 0.6 is 0 Å². The summed E-state index contributed by atoms with van der Waals surface area (Å²) < 4.78 is 1.93. The maximum atomic E-state index is 12.8. The predicted molar refractivity (Wildman–Crippen MR) is 114 cm³/mol. The van der Waals surface area contributed by atoms with Gasteiger partial charge in [-0.15, -0.1) is 0 Å². The van der Waals surface area contributed by atoms with Crippen LogP contribution in [-0.4, -0.2) is 16.4 Å². The van der Waals surface area contributed by atoms with Crippen LogP contribution < -0.4 is 10.8 Å². The van der Waals surface area contributed by atoms with Crippen molar-refractivity contribution in [3.05, 3.63) is 95.6 Å². The molecule has 0 atom stereocenters. The maximum Gasteiger partial charge on any atom is 0.279 e. The number of carbonyl (C=O) groups excluding carboxylic acids is 2. The van der Waals surface area contributed by atoms with Crippen molar-refractivity contribution in [2.24, 2.45) is 10.4 Å². The van der Waals surface area contributed by atoms with Crippen LogP contribution in [0.1, 0.15) is 36.7 Å². The number of nitrogens with zero attached hydrogens (tertiary/aromatic N) is 2. The van der Waals surface area contributed by atoms with Crippen LogP contribution in [-0.2, 0) is 11.3 Å². The van der Waals surface area contributed by atoms with E-state index in [9.17, 15) is 9.59 Å². The molecule has 0 radical (unpaired) electrons. The Morgan fingerprint density at radius 2 is 1.66 bits per heavy atom. The third kappa shape index (κ3) is 5.51. The summed E-state index contributed by atoms with van der Waals surface area (Å²) in [5.74, 6) is -0.465. The van der Waals surface area contributed by atoms with Crippen LogP contribution in [0.3, 0.4) is 0 Å². The van der Waals surface area contributed by atoms with E-state index in [1.165, 1.54) is 0 Å². The zero-order chi connectivity index (χ0) is 20.9. The Hall–Kier alpha value is -3.47. The summed E-state index contributed by atoms with van der Waals surface area (Å²) in [6.07, 6.45) is 1.90.